The van der Waals surface area contributed by atoms with E-state index in [0.29, 0.717) is 6.10 Å². The number of unbranched alkanes of at least 4 members (excludes halogenated alkanes) is 1. The second kappa shape index (κ2) is 11.2. The highest BCUT2D eigenvalue weighted by molar-refractivity contribution is 6.53. The minimum Gasteiger partial charge on any atom is -0.417 e. The molecule has 0 amide bonds. The summed E-state index contributed by atoms with van der Waals surface area (Å²) in [4.78, 5) is 0. The molecular formula is C14H28OSi. The van der Waals surface area contributed by atoms with Crippen LogP contribution in [-0.2, 0) is 4.43 Å². The monoisotopic (exact) mass is 240 g/mol. The maximum absolute atomic E-state index is 6.27. The van der Waals surface area contributed by atoms with E-state index in [1.165, 1.54) is 32.1 Å². The second-order valence-corrected chi connectivity index (χ2v) is 6.82. The zero-order valence-electron chi connectivity index (χ0n) is 11.1. The Bertz CT molecular complexity index is 170. The van der Waals surface area contributed by atoms with Crippen LogP contribution in [0.15, 0.2) is 25.3 Å². The van der Waals surface area contributed by atoms with Crippen molar-refractivity contribution in [3.05, 3.63) is 25.3 Å². The Labute approximate surface area is 103 Å². The van der Waals surface area contributed by atoms with E-state index < -0.39 is 9.04 Å². The van der Waals surface area contributed by atoms with Crippen LogP contribution in [0.2, 0.25) is 12.1 Å². The molecule has 0 spiro atoms. The van der Waals surface area contributed by atoms with Crippen molar-refractivity contribution < 1.29 is 4.43 Å². The van der Waals surface area contributed by atoms with E-state index in [4.69, 9.17) is 4.43 Å². The van der Waals surface area contributed by atoms with Crippen molar-refractivity contribution in [2.45, 2.75) is 64.1 Å². The van der Waals surface area contributed by atoms with Crippen molar-refractivity contribution in [2.75, 3.05) is 0 Å². The summed E-state index contributed by atoms with van der Waals surface area (Å²) < 4.78 is 6.27. The summed E-state index contributed by atoms with van der Waals surface area (Å²) in [6.07, 6.45) is 10.7. The van der Waals surface area contributed by atoms with Gasteiger partial charge in [-0.25, -0.2) is 0 Å². The first-order valence-corrected chi connectivity index (χ1v) is 8.76. The lowest BCUT2D eigenvalue weighted by atomic mass is 10.1. The van der Waals surface area contributed by atoms with Crippen molar-refractivity contribution in [1.29, 1.82) is 0 Å². The van der Waals surface area contributed by atoms with Gasteiger partial charge in [0.1, 0.15) is 0 Å². The van der Waals surface area contributed by atoms with Gasteiger partial charge in [0.15, 0.2) is 9.04 Å². The number of allylic oxidation sites excluding steroid dienone is 2. The number of hydrogen-bond acceptors (Lipinski definition) is 1. The van der Waals surface area contributed by atoms with E-state index in [-0.39, 0.29) is 0 Å². The van der Waals surface area contributed by atoms with Gasteiger partial charge in [-0.2, -0.15) is 0 Å². The molecule has 0 fully saturated rings. The first-order chi connectivity index (χ1) is 7.78. The van der Waals surface area contributed by atoms with Crippen LogP contribution >= 0.6 is 0 Å². The van der Waals surface area contributed by atoms with Gasteiger partial charge in [-0.05, 0) is 24.9 Å². The van der Waals surface area contributed by atoms with Gasteiger partial charge in [-0.3, -0.25) is 0 Å². The third-order valence-electron chi connectivity index (χ3n) is 2.73. The van der Waals surface area contributed by atoms with Gasteiger partial charge in [0.05, 0.1) is 0 Å². The lowest BCUT2D eigenvalue weighted by Crippen LogP contribution is -2.25. The highest BCUT2D eigenvalue weighted by Gasteiger charge is 2.15. The Morgan fingerprint density at radius 3 is 2.12 bits per heavy atom. The smallest absolute Gasteiger partial charge is 0.184 e. The zero-order chi connectivity index (χ0) is 12.2. The fourth-order valence-corrected chi connectivity index (χ4v) is 3.86. The Hall–Kier alpha value is -0.343. The quantitative estimate of drug-likeness (QED) is 0.383. The van der Waals surface area contributed by atoms with E-state index in [0.717, 1.165) is 12.1 Å². The Morgan fingerprint density at radius 2 is 1.69 bits per heavy atom. The highest BCUT2D eigenvalue weighted by atomic mass is 28.3. The van der Waals surface area contributed by atoms with Crippen LogP contribution in [0.4, 0.5) is 0 Å². The summed E-state index contributed by atoms with van der Waals surface area (Å²) in [6.45, 7) is 12.1. The fourth-order valence-electron chi connectivity index (χ4n) is 1.89. The second-order valence-electron chi connectivity index (χ2n) is 4.36. The largest absolute Gasteiger partial charge is 0.417 e. The molecule has 0 N–H and O–H groups in total. The minimum atomic E-state index is -1.10. The average molecular weight is 240 g/mol. The van der Waals surface area contributed by atoms with Crippen molar-refractivity contribution in [3.63, 3.8) is 0 Å². The normalized spacial score (nSPS) is 12.7. The van der Waals surface area contributed by atoms with Gasteiger partial charge in [0, 0.05) is 6.10 Å². The molecule has 0 aliphatic rings. The van der Waals surface area contributed by atoms with Gasteiger partial charge in [-0.1, -0.05) is 45.3 Å². The molecule has 16 heavy (non-hydrogen) atoms. The molecule has 0 radical (unpaired) electrons. The summed E-state index contributed by atoms with van der Waals surface area (Å²) >= 11 is 0. The maximum Gasteiger partial charge on any atom is 0.184 e. The van der Waals surface area contributed by atoms with E-state index >= 15 is 0 Å². The third-order valence-corrected chi connectivity index (χ3v) is 5.22. The number of rotatable bonds is 11. The van der Waals surface area contributed by atoms with Crippen molar-refractivity contribution >= 4 is 9.04 Å². The Balaban J connectivity index is 4.07. The molecule has 1 nitrogen and oxygen atoms in total. The predicted molar refractivity (Wildman–Crippen MR) is 76.5 cm³/mol. The first-order valence-electron chi connectivity index (χ1n) is 6.65. The summed E-state index contributed by atoms with van der Waals surface area (Å²) in [5, 5.41) is 0. The van der Waals surface area contributed by atoms with Crippen LogP contribution in [0, 0.1) is 0 Å². The van der Waals surface area contributed by atoms with Crippen LogP contribution in [0.5, 0.6) is 0 Å². The lowest BCUT2D eigenvalue weighted by Gasteiger charge is -2.22. The summed E-state index contributed by atoms with van der Waals surface area (Å²) in [7, 11) is -1.10. The minimum absolute atomic E-state index is 0.488. The highest BCUT2D eigenvalue weighted by Crippen LogP contribution is 2.15. The zero-order valence-corrected chi connectivity index (χ0v) is 12.2. The van der Waals surface area contributed by atoms with E-state index in [2.05, 4.69) is 27.0 Å². The van der Waals surface area contributed by atoms with Gasteiger partial charge in [0.25, 0.3) is 0 Å². The van der Waals surface area contributed by atoms with E-state index in [9.17, 15) is 0 Å². The molecule has 0 aromatic carbocycles. The summed E-state index contributed by atoms with van der Waals surface area (Å²) in [5.41, 5.74) is 0. The van der Waals surface area contributed by atoms with Crippen LogP contribution in [-0.4, -0.2) is 15.1 Å². The molecule has 0 aliphatic heterocycles. The molecule has 0 rings (SSSR count). The summed E-state index contributed by atoms with van der Waals surface area (Å²) in [6, 6.07) is 2.14. The average Bonchev–Trinajstić information content (AvgIpc) is 2.27. The standard InChI is InChI=1S/C14H28OSi/c1-5-9-11-14(10-6-2)15-16(12-7-3)13-8-4/h7-8,14,16H,3-6,9-13H2,1-2H3. The SMILES string of the molecule is C=CC[SiH](CC=C)OC(CCC)CCCC. The molecule has 1 atom stereocenters. The molecule has 2 heteroatoms. The molecule has 0 aliphatic carbocycles. The summed E-state index contributed by atoms with van der Waals surface area (Å²) in [5.74, 6) is 0. The first kappa shape index (κ1) is 15.7. The molecule has 0 heterocycles. The molecule has 0 aromatic heterocycles. The third kappa shape index (κ3) is 7.89. The molecule has 1 unspecified atom stereocenters. The van der Waals surface area contributed by atoms with Gasteiger partial charge >= 0.3 is 0 Å². The Kier molecular flexibility index (Phi) is 10.9. The number of hydrogen-bond donors (Lipinski definition) is 0. The van der Waals surface area contributed by atoms with Gasteiger partial charge in [0.2, 0.25) is 0 Å². The van der Waals surface area contributed by atoms with Crippen LogP contribution in [0.25, 0.3) is 0 Å². The van der Waals surface area contributed by atoms with Crippen LogP contribution in [0.1, 0.15) is 46.0 Å². The van der Waals surface area contributed by atoms with Gasteiger partial charge in [-0.15, -0.1) is 13.2 Å². The topological polar surface area (TPSA) is 9.23 Å². The van der Waals surface area contributed by atoms with E-state index in [1.54, 1.807) is 0 Å². The molecular weight excluding hydrogens is 212 g/mol. The molecule has 94 valence electrons. The molecule has 0 saturated carbocycles. The molecule has 0 saturated heterocycles. The van der Waals surface area contributed by atoms with Crippen LogP contribution in [0.3, 0.4) is 0 Å². The van der Waals surface area contributed by atoms with Crippen molar-refractivity contribution in [3.8, 4) is 0 Å². The van der Waals surface area contributed by atoms with Crippen molar-refractivity contribution in [1.82, 2.24) is 0 Å². The van der Waals surface area contributed by atoms with Crippen molar-refractivity contribution in [2.24, 2.45) is 0 Å². The van der Waals surface area contributed by atoms with Crippen LogP contribution < -0.4 is 0 Å². The molecule has 0 aromatic rings. The lowest BCUT2D eigenvalue weighted by molar-refractivity contribution is 0.176. The fraction of sp³-hybridized carbons (Fsp3) is 0.714. The predicted octanol–water partition coefficient (Wildman–Crippen LogP) is 4.46. The van der Waals surface area contributed by atoms with E-state index in [1.807, 2.05) is 12.2 Å². The maximum atomic E-state index is 6.27. The Morgan fingerprint density at radius 1 is 1.06 bits per heavy atom. The van der Waals surface area contributed by atoms with Gasteiger partial charge < -0.3 is 4.43 Å². The molecule has 0 bridgehead atoms.